The Morgan fingerprint density at radius 3 is 2.86 bits per heavy atom. The van der Waals surface area contributed by atoms with Gasteiger partial charge in [0.05, 0.1) is 6.54 Å². The van der Waals surface area contributed by atoms with Gasteiger partial charge in [-0.25, -0.2) is 15.0 Å². The molecule has 0 aromatic heterocycles. The van der Waals surface area contributed by atoms with Crippen molar-refractivity contribution in [3.8, 4) is 0 Å². The zero-order valence-electron chi connectivity index (χ0n) is 7.06. The van der Waals surface area contributed by atoms with E-state index in [1.54, 1.807) is 0 Å². The number of amides is 4. The first-order valence-electron chi connectivity index (χ1n) is 3.95. The maximum Gasteiger partial charge on any atom is 0.428 e. The number of carbonyl (C=O) groups excluding carboxylic acids is 2. The highest BCUT2D eigenvalue weighted by molar-refractivity contribution is 5.88. The quantitative estimate of drug-likeness (QED) is 0.436. The second-order valence-corrected chi connectivity index (χ2v) is 2.98. The van der Waals surface area contributed by atoms with Gasteiger partial charge in [0.2, 0.25) is 5.91 Å². The molecule has 1 atom stereocenters. The minimum Gasteiger partial charge on any atom is -0.464 e. The number of hydrogen-bond donors (Lipinski definition) is 3. The fraction of sp³-hybridized carbons (Fsp3) is 0.500. The molecule has 14 heavy (non-hydrogen) atoms. The number of nitrogens with one attached hydrogen (secondary N) is 2. The van der Waals surface area contributed by atoms with E-state index in [0.29, 0.717) is 0 Å². The van der Waals surface area contributed by atoms with Crippen LogP contribution in [0.4, 0.5) is 9.59 Å². The number of urea groups is 1. The van der Waals surface area contributed by atoms with Gasteiger partial charge in [0.15, 0.2) is 0 Å². The highest BCUT2D eigenvalue weighted by atomic mass is 16.4. The van der Waals surface area contributed by atoms with Crippen molar-refractivity contribution in [1.29, 1.82) is 0 Å². The van der Waals surface area contributed by atoms with Gasteiger partial charge in [0.1, 0.15) is 12.7 Å². The highest BCUT2D eigenvalue weighted by Crippen LogP contribution is 2.14. The van der Waals surface area contributed by atoms with E-state index in [2.05, 4.69) is 10.7 Å². The van der Waals surface area contributed by atoms with Crippen LogP contribution in [0.1, 0.15) is 0 Å². The summed E-state index contributed by atoms with van der Waals surface area (Å²) in [6.07, 6.45) is -1.89. The molecular formula is C6H8N4O4. The third-order valence-corrected chi connectivity index (χ3v) is 2.14. The van der Waals surface area contributed by atoms with Crippen molar-refractivity contribution in [3.05, 3.63) is 0 Å². The Hall–Kier alpha value is -1.99. The predicted octanol–water partition coefficient (Wildman–Crippen LogP) is -1.64. The van der Waals surface area contributed by atoms with E-state index in [1.807, 2.05) is 0 Å². The van der Waals surface area contributed by atoms with Crippen LogP contribution in [-0.2, 0) is 4.79 Å². The zero-order chi connectivity index (χ0) is 10.3. The van der Waals surface area contributed by atoms with Crippen LogP contribution in [0.5, 0.6) is 0 Å². The Morgan fingerprint density at radius 1 is 1.50 bits per heavy atom. The molecular weight excluding hydrogens is 192 g/mol. The van der Waals surface area contributed by atoms with E-state index < -0.39 is 18.3 Å². The first kappa shape index (κ1) is 8.60. The lowest BCUT2D eigenvalue weighted by atomic mass is 10.3. The summed E-state index contributed by atoms with van der Waals surface area (Å²) < 4.78 is 0. The molecule has 2 rings (SSSR count). The smallest absolute Gasteiger partial charge is 0.428 e. The molecule has 0 saturated carbocycles. The van der Waals surface area contributed by atoms with Crippen molar-refractivity contribution in [2.45, 2.75) is 6.17 Å². The standard InChI is InChI=1S/C6H8N4O4/c11-3-2-9-4(1-7-3)10(6(13)14)8-5(9)12/h4H,1-2H2,(H,7,11)(H,8,12)(H,13,14). The average Bonchev–Trinajstić information content (AvgIpc) is 2.44. The molecule has 2 fully saturated rings. The van der Waals surface area contributed by atoms with Crippen LogP contribution in [0.2, 0.25) is 0 Å². The molecule has 0 radical (unpaired) electrons. The molecule has 0 bridgehead atoms. The van der Waals surface area contributed by atoms with Gasteiger partial charge < -0.3 is 10.4 Å². The van der Waals surface area contributed by atoms with Crippen LogP contribution in [-0.4, -0.2) is 52.3 Å². The van der Waals surface area contributed by atoms with Crippen LogP contribution >= 0.6 is 0 Å². The Kier molecular flexibility index (Phi) is 1.69. The molecule has 1 unspecified atom stereocenters. The number of nitrogens with zero attached hydrogens (tertiary/aromatic N) is 2. The van der Waals surface area contributed by atoms with E-state index in [1.165, 1.54) is 4.90 Å². The Balaban J connectivity index is 2.20. The molecule has 0 aromatic carbocycles. The third kappa shape index (κ3) is 1.11. The molecule has 2 aliphatic rings. The second kappa shape index (κ2) is 2.76. The molecule has 8 nitrogen and oxygen atoms in total. The number of rotatable bonds is 0. The molecule has 4 amide bonds. The van der Waals surface area contributed by atoms with Crippen molar-refractivity contribution in [3.63, 3.8) is 0 Å². The normalized spacial score (nSPS) is 25.6. The summed E-state index contributed by atoms with van der Waals surface area (Å²) >= 11 is 0. The largest absolute Gasteiger partial charge is 0.464 e. The molecule has 8 heteroatoms. The number of fused-ring (bicyclic) bond motifs is 1. The minimum absolute atomic E-state index is 0.111. The molecule has 0 spiro atoms. The number of hydrogen-bond acceptors (Lipinski definition) is 3. The summed E-state index contributed by atoms with van der Waals surface area (Å²) in [5.74, 6) is -0.288. The molecule has 3 N–H and O–H groups in total. The van der Waals surface area contributed by atoms with E-state index >= 15 is 0 Å². The van der Waals surface area contributed by atoms with E-state index in [4.69, 9.17) is 5.11 Å². The first-order valence-corrected chi connectivity index (χ1v) is 3.95. The van der Waals surface area contributed by atoms with Gasteiger partial charge in [-0.1, -0.05) is 0 Å². The Morgan fingerprint density at radius 2 is 2.21 bits per heavy atom. The molecule has 0 aliphatic carbocycles. The topological polar surface area (TPSA) is 102 Å². The summed E-state index contributed by atoms with van der Waals surface area (Å²) in [7, 11) is 0. The lowest BCUT2D eigenvalue weighted by molar-refractivity contribution is -0.125. The van der Waals surface area contributed by atoms with E-state index in [-0.39, 0.29) is 19.0 Å². The lowest BCUT2D eigenvalue weighted by Crippen LogP contribution is -2.57. The van der Waals surface area contributed by atoms with E-state index in [0.717, 1.165) is 5.01 Å². The summed E-state index contributed by atoms with van der Waals surface area (Å²) in [5.41, 5.74) is 2.14. The SMILES string of the molecule is O=C1CN2C(=O)NN(C(=O)O)C2CN1. The fourth-order valence-electron chi connectivity index (χ4n) is 1.49. The van der Waals surface area contributed by atoms with Gasteiger partial charge >= 0.3 is 12.1 Å². The van der Waals surface area contributed by atoms with Crippen LogP contribution in [0, 0.1) is 0 Å². The van der Waals surface area contributed by atoms with Crippen LogP contribution in [0.3, 0.4) is 0 Å². The fourth-order valence-corrected chi connectivity index (χ4v) is 1.49. The first-order chi connectivity index (χ1) is 6.59. The monoisotopic (exact) mass is 200 g/mol. The summed E-state index contributed by atoms with van der Waals surface area (Å²) in [6, 6.07) is -0.563. The van der Waals surface area contributed by atoms with Gasteiger partial charge in [-0.15, -0.1) is 0 Å². The molecule has 76 valence electrons. The Labute approximate surface area is 78.4 Å². The summed E-state index contributed by atoms with van der Waals surface area (Å²) in [6.45, 7) is 0.00412. The van der Waals surface area contributed by atoms with Crippen molar-refractivity contribution in [2.24, 2.45) is 0 Å². The second-order valence-electron chi connectivity index (χ2n) is 2.98. The zero-order valence-corrected chi connectivity index (χ0v) is 7.06. The van der Waals surface area contributed by atoms with Crippen molar-refractivity contribution in [1.82, 2.24) is 20.7 Å². The van der Waals surface area contributed by atoms with Crippen LogP contribution in [0.15, 0.2) is 0 Å². The third-order valence-electron chi connectivity index (χ3n) is 2.14. The molecule has 2 saturated heterocycles. The van der Waals surface area contributed by atoms with Gasteiger partial charge in [-0.05, 0) is 0 Å². The maximum absolute atomic E-state index is 11.2. The molecule has 2 aliphatic heterocycles. The van der Waals surface area contributed by atoms with Crippen molar-refractivity contribution in [2.75, 3.05) is 13.1 Å². The van der Waals surface area contributed by atoms with Gasteiger partial charge in [0.25, 0.3) is 0 Å². The van der Waals surface area contributed by atoms with E-state index in [9.17, 15) is 14.4 Å². The Bertz CT molecular complexity index is 317. The lowest BCUT2D eigenvalue weighted by Gasteiger charge is -2.29. The van der Waals surface area contributed by atoms with Crippen LogP contribution in [0.25, 0.3) is 0 Å². The number of carboxylic acid groups (broad SMARTS) is 1. The van der Waals surface area contributed by atoms with Crippen molar-refractivity contribution >= 4 is 18.0 Å². The summed E-state index contributed by atoms with van der Waals surface area (Å²) in [5, 5.41) is 12.0. The van der Waals surface area contributed by atoms with Gasteiger partial charge in [0, 0.05) is 0 Å². The van der Waals surface area contributed by atoms with Gasteiger partial charge in [-0.2, -0.15) is 5.01 Å². The minimum atomic E-state index is -1.25. The average molecular weight is 200 g/mol. The highest BCUT2D eigenvalue weighted by Gasteiger charge is 2.43. The number of piperazine rings is 1. The van der Waals surface area contributed by atoms with Crippen LogP contribution < -0.4 is 10.7 Å². The summed E-state index contributed by atoms with van der Waals surface area (Å²) in [4.78, 5) is 34.0. The molecule has 2 heterocycles. The number of carbonyl (C=O) groups is 3. The maximum atomic E-state index is 11.2. The van der Waals surface area contributed by atoms with Gasteiger partial charge in [-0.3, -0.25) is 9.69 Å². The number of hydrazine groups is 1. The van der Waals surface area contributed by atoms with Crippen molar-refractivity contribution < 1.29 is 19.5 Å². The molecule has 0 aromatic rings. The predicted molar refractivity (Wildman–Crippen MR) is 41.9 cm³/mol.